The van der Waals surface area contributed by atoms with Gasteiger partial charge in [0.15, 0.2) is 5.16 Å². The zero-order chi connectivity index (χ0) is 15.9. The van der Waals surface area contributed by atoms with Crippen molar-refractivity contribution in [1.29, 1.82) is 0 Å². The highest BCUT2D eigenvalue weighted by Gasteiger charge is 2.10. The van der Waals surface area contributed by atoms with Crippen molar-refractivity contribution >= 4 is 23.4 Å². The second kappa shape index (κ2) is 7.74. The average Bonchev–Trinajstić information content (AvgIpc) is 2.83. The van der Waals surface area contributed by atoms with Crippen LogP contribution in [-0.2, 0) is 11.3 Å². The van der Waals surface area contributed by atoms with E-state index in [-0.39, 0.29) is 18.0 Å². The molecule has 0 radical (unpaired) electrons. The molecule has 1 heterocycles. The SMILES string of the molecule is C=CCn1c(C)nnc1SCCC(=O)Nc1ccccc1F. The van der Waals surface area contributed by atoms with Crippen LogP contribution in [0.4, 0.5) is 10.1 Å². The number of thioether (sulfide) groups is 1. The number of aryl methyl sites for hydroxylation is 1. The van der Waals surface area contributed by atoms with Gasteiger partial charge in [-0.15, -0.1) is 16.8 Å². The number of halogens is 1. The van der Waals surface area contributed by atoms with Gasteiger partial charge in [-0.1, -0.05) is 30.0 Å². The molecule has 0 aliphatic heterocycles. The van der Waals surface area contributed by atoms with Gasteiger partial charge in [0.2, 0.25) is 5.91 Å². The fourth-order valence-corrected chi connectivity index (χ4v) is 2.75. The van der Waals surface area contributed by atoms with Crippen molar-refractivity contribution in [3.63, 3.8) is 0 Å². The van der Waals surface area contributed by atoms with E-state index in [1.54, 1.807) is 18.2 Å². The maximum absolute atomic E-state index is 13.4. The smallest absolute Gasteiger partial charge is 0.225 e. The number of nitrogens with zero attached hydrogens (tertiary/aromatic N) is 3. The van der Waals surface area contributed by atoms with Gasteiger partial charge in [-0.05, 0) is 19.1 Å². The molecule has 5 nitrogen and oxygen atoms in total. The molecule has 0 fully saturated rings. The van der Waals surface area contributed by atoms with Crippen LogP contribution in [0, 0.1) is 12.7 Å². The van der Waals surface area contributed by atoms with E-state index in [9.17, 15) is 9.18 Å². The van der Waals surface area contributed by atoms with Crippen LogP contribution in [0.3, 0.4) is 0 Å². The van der Waals surface area contributed by atoms with Gasteiger partial charge < -0.3 is 9.88 Å². The van der Waals surface area contributed by atoms with Crippen LogP contribution >= 0.6 is 11.8 Å². The maximum Gasteiger partial charge on any atom is 0.225 e. The lowest BCUT2D eigenvalue weighted by Crippen LogP contribution is -2.13. The molecule has 0 aliphatic rings. The Labute approximate surface area is 132 Å². The van der Waals surface area contributed by atoms with Gasteiger partial charge in [0, 0.05) is 18.7 Å². The molecule has 1 aromatic heterocycles. The lowest BCUT2D eigenvalue weighted by Gasteiger charge is -2.07. The number of nitrogens with one attached hydrogen (secondary N) is 1. The number of allylic oxidation sites excluding steroid dienone is 1. The summed E-state index contributed by atoms with van der Waals surface area (Å²) in [4.78, 5) is 11.8. The molecular formula is C15H17FN4OS. The third-order valence-electron chi connectivity index (χ3n) is 2.92. The van der Waals surface area contributed by atoms with E-state index in [1.165, 1.54) is 23.9 Å². The fourth-order valence-electron chi connectivity index (χ4n) is 1.82. The molecule has 22 heavy (non-hydrogen) atoms. The Kier molecular flexibility index (Phi) is 5.71. The summed E-state index contributed by atoms with van der Waals surface area (Å²) in [6, 6.07) is 6.10. The Morgan fingerprint density at radius 3 is 2.95 bits per heavy atom. The average molecular weight is 320 g/mol. The molecule has 1 N–H and O–H groups in total. The minimum absolute atomic E-state index is 0.197. The first-order valence-corrected chi connectivity index (χ1v) is 7.78. The van der Waals surface area contributed by atoms with Gasteiger partial charge in [0.1, 0.15) is 11.6 Å². The van der Waals surface area contributed by atoms with Crippen molar-refractivity contribution in [1.82, 2.24) is 14.8 Å². The van der Waals surface area contributed by atoms with Crippen molar-refractivity contribution in [2.75, 3.05) is 11.1 Å². The highest BCUT2D eigenvalue weighted by atomic mass is 32.2. The van der Waals surface area contributed by atoms with Crippen LogP contribution in [0.1, 0.15) is 12.2 Å². The number of aromatic nitrogens is 3. The number of para-hydroxylation sites is 1. The van der Waals surface area contributed by atoms with E-state index in [0.717, 1.165) is 11.0 Å². The third kappa shape index (κ3) is 4.17. The zero-order valence-electron chi connectivity index (χ0n) is 12.3. The third-order valence-corrected chi connectivity index (χ3v) is 3.89. The minimum atomic E-state index is -0.440. The van der Waals surface area contributed by atoms with Crippen LogP contribution in [0.25, 0.3) is 0 Å². The highest BCUT2D eigenvalue weighted by molar-refractivity contribution is 7.99. The lowest BCUT2D eigenvalue weighted by atomic mass is 10.3. The summed E-state index contributed by atoms with van der Waals surface area (Å²) < 4.78 is 15.3. The molecule has 7 heteroatoms. The van der Waals surface area contributed by atoms with Gasteiger partial charge >= 0.3 is 0 Å². The number of hydrogen-bond donors (Lipinski definition) is 1. The van der Waals surface area contributed by atoms with Crippen molar-refractivity contribution in [3.8, 4) is 0 Å². The van der Waals surface area contributed by atoms with E-state index >= 15 is 0 Å². The molecule has 0 saturated heterocycles. The van der Waals surface area contributed by atoms with Crippen LogP contribution < -0.4 is 5.32 Å². The largest absolute Gasteiger partial charge is 0.324 e. The Morgan fingerprint density at radius 1 is 1.45 bits per heavy atom. The maximum atomic E-state index is 13.4. The molecule has 1 amide bonds. The van der Waals surface area contributed by atoms with E-state index < -0.39 is 5.82 Å². The van der Waals surface area contributed by atoms with Gasteiger partial charge in [-0.25, -0.2) is 4.39 Å². The number of carbonyl (C=O) groups excluding carboxylic acids is 1. The topological polar surface area (TPSA) is 59.8 Å². The molecule has 1 aromatic carbocycles. The van der Waals surface area contributed by atoms with Crippen molar-refractivity contribution in [2.45, 2.75) is 25.0 Å². The van der Waals surface area contributed by atoms with Crippen LogP contribution in [-0.4, -0.2) is 26.4 Å². The molecule has 0 aliphatic carbocycles. The van der Waals surface area contributed by atoms with Gasteiger partial charge in [0.25, 0.3) is 0 Å². The number of amides is 1. The van der Waals surface area contributed by atoms with E-state index in [2.05, 4.69) is 22.1 Å². The minimum Gasteiger partial charge on any atom is -0.324 e. The first kappa shape index (κ1) is 16.2. The second-order valence-electron chi connectivity index (χ2n) is 4.56. The number of anilines is 1. The van der Waals surface area contributed by atoms with Crippen molar-refractivity contribution in [3.05, 3.63) is 48.6 Å². The Balaban J connectivity index is 1.85. The molecule has 0 bridgehead atoms. The first-order chi connectivity index (χ1) is 10.6. The van der Waals surface area contributed by atoms with Crippen molar-refractivity contribution < 1.29 is 9.18 Å². The highest BCUT2D eigenvalue weighted by Crippen LogP contribution is 2.18. The molecule has 116 valence electrons. The van der Waals surface area contributed by atoms with Crippen molar-refractivity contribution in [2.24, 2.45) is 0 Å². The summed E-state index contributed by atoms with van der Waals surface area (Å²) in [6.07, 6.45) is 2.03. The van der Waals surface area contributed by atoms with Crippen LogP contribution in [0.2, 0.25) is 0 Å². The predicted molar refractivity (Wildman–Crippen MR) is 85.3 cm³/mol. The summed E-state index contributed by atoms with van der Waals surface area (Å²) in [5.41, 5.74) is 0.197. The molecule has 0 unspecified atom stereocenters. The first-order valence-electron chi connectivity index (χ1n) is 6.79. The molecule has 2 aromatic rings. The molecule has 2 rings (SSSR count). The van der Waals surface area contributed by atoms with Gasteiger partial charge in [0.05, 0.1) is 5.69 Å². The summed E-state index contributed by atoms with van der Waals surface area (Å²) >= 11 is 1.44. The Hall–Kier alpha value is -2.15. The fraction of sp³-hybridized carbons (Fsp3) is 0.267. The number of benzene rings is 1. The van der Waals surface area contributed by atoms with Crippen LogP contribution in [0.15, 0.2) is 42.1 Å². The summed E-state index contributed by atoms with van der Waals surface area (Å²) in [5, 5.41) is 11.4. The molecule has 0 atom stereocenters. The quantitative estimate of drug-likeness (QED) is 0.629. The Bertz CT molecular complexity index is 671. The monoisotopic (exact) mass is 320 g/mol. The predicted octanol–water partition coefficient (Wildman–Crippen LogP) is 3.03. The Morgan fingerprint density at radius 2 is 2.23 bits per heavy atom. The number of rotatable bonds is 7. The molecular weight excluding hydrogens is 303 g/mol. The lowest BCUT2D eigenvalue weighted by molar-refractivity contribution is -0.115. The van der Waals surface area contributed by atoms with Gasteiger partial charge in [-0.3, -0.25) is 4.79 Å². The van der Waals surface area contributed by atoms with Crippen LogP contribution in [0.5, 0.6) is 0 Å². The number of carbonyl (C=O) groups is 1. The summed E-state index contributed by atoms with van der Waals surface area (Å²) in [7, 11) is 0. The molecule has 0 saturated carbocycles. The summed E-state index contributed by atoms with van der Waals surface area (Å²) in [5.74, 6) is 0.669. The second-order valence-corrected chi connectivity index (χ2v) is 5.62. The standard InChI is InChI=1S/C15H17FN4OS/c1-3-9-20-11(2)18-19-15(20)22-10-8-14(21)17-13-7-5-4-6-12(13)16/h3-7H,1,8-10H2,2H3,(H,17,21). The van der Waals surface area contributed by atoms with Gasteiger partial charge in [-0.2, -0.15) is 0 Å². The normalized spacial score (nSPS) is 10.5. The molecule has 0 spiro atoms. The zero-order valence-corrected chi connectivity index (χ0v) is 13.1. The summed E-state index contributed by atoms with van der Waals surface area (Å²) in [6.45, 7) is 6.19. The van der Waals surface area contributed by atoms with E-state index in [4.69, 9.17) is 0 Å². The van der Waals surface area contributed by atoms with E-state index in [0.29, 0.717) is 12.3 Å². The van der Waals surface area contributed by atoms with E-state index in [1.807, 2.05) is 11.5 Å². The number of hydrogen-bond acceptors (Lipinski definition) is 4.